The maximum absolute atomic E-state index is 13.9. The smallest absolute Gasteiger partial charge is 0.261 e. The molecule has 0 radical (unpaired) electrons. The lowest BCUT2D eigenvalue weighted by Crippen LogP contribution is -2.36. The molecule has 2 aromatic carbocycles. The van der Waals surface area contributed by atoms with E-state index >= 15 is 0 Å². The van der Waals surface area contributed by atoms with Crippen LogP contribution in [0.25, 0.3) is 10.2 Å². The van der Waals surface area contributed by atoms with Gasteiger partial charge in [-0.05, 0) is 59.3 Å². The summed E-state index contributed by atoms with van der Waals surface area (Å²) in [4.78, 5) is 22.2. The third-order valence-corrected chi connectivity index (χ3v) is 7.91. The molecule has 4 heterocycles. The summed E-state index contributed by atoms with van der Waals surface area (Å²) in [5.74, 6) is 0.807. The van der Waals surface area contributed by atoms with Crippen LogP contribution >= 0.6 is 11.3 Å². The van der Waals surface area contributed by atoms with Crippen molar-refractivity contribution < 1.29 is 9.47 Å². The Hall–Kier alpha value is -3.42. The quantitative estimate of drug-likeness (QED) is 0.402. The van der Waals surface area contributed by atoms with Gasteiger partial charge in [-0.3, -0.25) is 14.4 Å². The second-order valence-electron chi connectivity index (χ2n) is 9.03. The van der Waals surface area contributed by atoms with E-state index in [0.717, 1.165) is 70.4 Å². The molecule has 0 aliphatic carbocycles. The number of aromatic nitrogens is 1. The van der Waals surface area contributed by atoms with Gasteiger partial charge in [0.05, 0.1) is 43.8 Å². The number of fused-ring (bicyclic) bond motifs is 2. The third kappa shape index (κ3) is 3.94. The molecule has 0 unspecified atom stereocenters. The SMILES string of the molecule is COc1ccc(Cn2c(=O)c(C3=Nc4cc(N5CCOCC5)ccc4C3)c(C)c3ccsc32)cc1. The second-order valence-corrected chi connectivity index (χ2v) is 9.92. The highest BCUT2D eigenvalue weighted by Crippen LogP contribution is 2.34. The van der Waals surface area contributed by atoms with E-state index in [4.69, 9.17) is 14.5 Å². The minimum absolute atomic E-state index is 0.0215. The summed E-state index contributed by atoms with van der Waals surface area (Å²) in [7, 11) is 1.66. The minimum Gasteiger partial charge on any atom is -0.497 e. The van der Waals surface area contributed by atoms with Crippen LogP contribution in [0.1, 0.15) is 22.3 Å². The molecule has 0 bridgehead atoms. The Labute approximate surface area is 208 Å². The molecule has 6 nitrogen and oxygen atoms in total. The van der Waals surface area contributed by atoms with E-state index in [0.29, 0.717) is 13.0 Å². The molecule has 0 spiro atoms. The Morgan fingerprint density at radius 3 is 2.66 bits per heavy atom. The van der Waals surface area contributed by atoms with Gasteiger partial charge >= 0.3 is 0 Å². The van der Waals surface area contributed by atoms with Crippen LogP contribution in [-0.4, -0.2) is 43.7 Å². The number of aliphatic imine (C=N–C) groups is 1. The van der Waals surface area contributed by atoms with E-state index in [9.17, 15) is 4.79 Å². The van der Waals surface area contributed by atoms with E-state index < -0.39 is 0 Å². The number of anilines is 1. The lowest BCUT2D eigenvalue weighted by atomic mass is 9.99. The van der Waals surface area contributed by atoms with Gasteiger partial charge in [-0.25, -0.2) is 0 Å². The van der Waals surface area contributed by atoms with Crippen LogP contribution < -0.4 is 15.2 Å². The molecule has 0 N–H and O–H groups in total. The van der Waals surface area contributed by atoms with Gasteiger partial charge in [-0.15, -0.1) is 11.3 Å². The lowest BCUT2D eigenvalue weighted by molar-refractivity contribution is 0.122. The standard InChI is InChI=1S/C28H27N3O3S/c1-18-23-9-14-35-28(23)31(17-19-3-7-22(33-2)8-4-19)27(32)26(18)25-15-20-5-6-21(16-24(20)29-25)30-10-12-34-13-11-30/h3-9,14,16H,10-13,15,17H2,1-2H3. The highest BCUT2D eigenvalue weighted by Gasteiger charge is 2.25. The van der Waals surface area contributed by atoms with Crippen LogP contribution in [-0.2, 0) is 17.7 Å². The first-order valence-electron chi connectivity index (χ1n) is 11.9. The summed E-state index contributed by atoms with van der Waals surface area (Å²) < 4.78 is 12.7. The molecule has 4 aromatic rings. The van der Waals surface area contributed by atoms with Crippen molar-refractivity contribution in [3.8, 4) is 5.75 Å². The number of methoxy groups -OCH3 is 1. The van der Waals surface area contributed by atoms with Gasteiger partial charge in [0.2, 0.25) is 0 Å². The summed E-state index contributed by atoms with van der Waals surface area (Å²) in [5.41, 5.74) is 6.98. The van der Waals surface area contributed by atoms with E-state index in [-0.39, 0.29) is 5.56 Å². The van der Waals surface area contributed by atoms with E-state index in [1.807, 2.05) is 35.8 Å². The number of pyridine rings is 1. The number of hydrogen-bond acceptors (Lipinski definition) is 6. The Balaban J connectivity index is 1.41. The van der Waals surface area contributed by atoms with Crippen molar-refractivity contribution in [3.05, 3.63) is 86.5 Å². The number of nitrogens with zero attached hydrogens (tertiary/aromatic N) is 3. The third-order valence-electron chi connectivity index (χ3n) is 6.97. The summed E-state index contributed by atoms with van der Waals surface area (Å²) in [6.07, 6.45) is 0.674. The fourth-order valence-corrected chi connectivity index (χ4v) is 6.00. The average molecular weight is 486 g/mol. The molecule has 1 fully saturated rings. The van der Waals surface area contributed by atoms with Crippen molar-refractivity contribution >= 4 is 38.6 Å². The molecule has 2 aromatic heterocycles. The molecular formula is C28H27N3O3S. The van der Waals surface area contributed by atoms with E-state index in [1.165, 1.54) is 11.3 Å². The Morgan fingerprint density at radius 2 is 1.89 bits per heavy atom. The molecule has 0 atom stereocenters. The van der Waals surface area contributed by atoms with Crippen LogP contribution in [0.4, 0.5) is 11.4 Å². The molecule has 1 saturated heterocycles. The van der Waals surface area contributed by atoms with Crippen molar-refractivity contribution in [1.29, 1.82) is 0 Å². The average Bonchev–Trinajstić information content (AvgIpc) is 3.55. The minimum atomic E-state index is 0.0215. The first kappa shape index (κ1) is 22.1. The summed E-state index contributed by atoms with van der Waals surface area (Å²) in [6.45, 7) is 5.83. The molecule has 0 saturated carbocycles. The maximum atomic E-state index is 13.9. The largest absolute Gasteiger partial charge is 0.497 e. The molecule has 7 heteroatoms. The maximum Gasteiger partial charge on any atom is 0.261 e. The summed E-state index contributed by atoms with van der Waals surface area (Å²) >= 11 is 1.61. The number of benzene rings is 2. The van der Waals surface area contributed by atoms with Gasteiger partial charge in [-0.2, -0.15) is 0 Å². The van der Waals surface area contributed by atoms with Gasteiger partial charge in [0.15, 0.2) is 0 Å². The predicted octanol–water partition coefficient (Wildman–Crippen LogP) is 4.94. The summed E-state index contributed by atoms with van der Waals surface area (Å²) in [6, 6.07) is 16.5. The number of hydrogen-bond donors (Lipinski definition) is 0. The van der Waals surface area contributed by atoms with E-state index in [1.54, 1.807) is 18.4 Å². The van der Waals surface area contributed by atoms with Crippen molar-refractivity contribution in [2.24, 2.45) is 4.99 Å². The van der Waals surface area contributed by atoms with Crippen LogP contribution in [0.5, 0.6) is 5.75 Å². The first-order valence-corrected chi connectivity index (χ1v) is 12.8. The highest BCUT2D eigenvalue weighted by molar-refractivity contribution is 7.16. The lowest BCUT2D eigenvalue weighted by Gasteiger charge is -2.29. The number of rotatable bonds is 5. The fourth-order valence-electron chi connectivity index (χ4n) is 5.05. The molecular weight excluding hydrogens is 458 g/mol. The Kier molecular flexibility index (Phi) is 5.66. The fraction of sp³-hybridized carbons (Fsp3) is 0.286. The highest BCUT2D eigenvalue weighted by atomic mass is 32.1. The van der Waals surface area contributed by atoms with Crippen LogP contribution in [0.15, 0.2) is 63.7 Å². The van der Waals surface area contributed by atoms with Gasteiger partial charge in [-0.1, -0.05) is 18.2 Å². The Morgan fingerprint density at radius 1 is 1.09 bits per heavy atom. The number of morpholine rings is 1. The summed E-state index contributed by atoms with van der Waals surface area (Å²) in [5, 5.41) is 3.18. The topological polar surface area (TPSA) is 56.1 Å². The molecule has 35 heavy (non-hydrogen) atoms. The van der Waals surface area contributed by atoms with Crippen molar-refractivity contribution in [2.45, 2.75) is 19.9 Å². The molecule has 0 amide bonds. The zero-order chi connectivity index (χ0) is 23.9. The number of thiophene rings is 1. The zero-order valence-corrected chi connectivity index (χ0v) is 20.7. The second kappa shape index (κ2) is 8.98. The predicted molar refractivity (Wildman–Crippen MR) is 142 cm³/mol. The molecule has 2 aliphatic rings. The van der Waals surface area contributed by atoms with Crippen LogP contribution in [0, 0.1) is 6.92 Å². The number of aryl methyl sites for hydroxylation is 1. The van der Waals surface area contributed by atoms with Crippen molar-refractivity contribution in [3.63, 3.8) is 0 Å². The van der Waals surface area contributed by atoms with Crippen molar-refractivity contribution in [2.75, 3.05) is 38.3 Å². The number of ether oxygens (including phenoxy) is 2. The van der Waals surface area contributed by atoms with Crippen molar-refractivity contribution in [1.82, 2.24) is 4.57 Å². The molecule has 6 rings (SSSR count). The van der Waals surface area contributed by atoms with Gasteiger partial charge in [0, 0.05) is 30.6 Å². The van der Waals surface area contributed by atoms with Crippen LogP contribution in [0.3, 0.4) is 0 Å². The first-order chi connectivity index (χ1) is 17.1. The monoisotopic (exact) mass is 485 g/mol. The molecule has 178 valence electrons. The van der Waals surface area contributed by atoms with Crippen LogP contribution in [0.2, 0.25) is 0 Å². The van der Waals surface area contributed by atoms with Gasteiger partial charge in [0.1, 0.15) is 10.6 Å². The molecule has 2 aliphatic heterocycles. The van der Waals surface area contributed by atoms with E-state index in [2.05, 4.69) is 34.5 Å². The normalized spacial score (nSPS) is 15.4. The van der Waals surface area contributed by atoms with Gasteiger partial charge < -0.3 is 14.4 Å². The zero-order valence-electron chi connectivity index (χ0n) is 19.9. The Bertz CT molecular complexity index is 1490. The van der Waals surface area contributed by atoms with Gasteiger partial charge in [0.25, 0.3) is 5.56 Å².